The highest BCUT2D eigenvalue weighted by molar-refractivity contribution is 6.75. The van der Waals surface area contributed by atoms with Crippen LogP contribution in [0.2, 0.25) is 6.55 Å². The maximum absolute atomic E-state index is 5.97. The maximum atomic E-state index is 5.97. The summed E-state index contributed by atoms with van der Waals surface area (Å²) >= 11 is 5.97. The van der Waals surface area contributed by atoms with Crippen molar-refractivity contribution in [3.63, 3.8) is 0 Å². The second-order valence-corrected chi connectivity index (χ2v) is 7.19. The van der Waals surface area contributed by atoms with Gasteiger partial charge in [0, 0.05) is 20.1 Å². The van der Waals surface area contributed by atoms with Crippen LogP contribution in [0.15, 0.2) is 35.5 Å². The molecule has 0 N–H and O–H groups in total. The van der Waals surface area contributed by atoms with Crippen LogP contribution in [0.5, 0.6) is 0 Å². The Balaban J connectivity index is 3.02. The van der Waals surface area contributed by atoms with E-state index >= 15 is 0 Å². The molecule has 0 aliphatic heterocycles. The van der Waals surface area contributed by atoms with Crippen LogP contribution in [0.25, 0.3) is 6.08 Å². The van der Waals surface area contributed by atoms with Gasteiger partial charge in [-0.2, -0.15) is 0 Å². The van der Waals surface area contributed by atoms with Crippen molar-refractivity contribution in [2.75, 3.05) is 20.1 Å². The number of halogens is 1. The Hall–Kier alpha value is -0.613. The number of alkyl halides is 1. The first-order valence-corrected chi connectivity index (χ1v) is 7.93. The first-order valence-electron chi connectivity index (χ1n) is 5.08. The molecule has 0 saturated carbocycles. The van der Waals surface area contributed by atoms with Gasteiger partial charge in [-0.25, -0.2) is 0 Å². The monoisotopic (exact) mass is 256 g/mol. The van der Waals surface area contributed by atoms with Crippen LogP contribution < -0.4 is 0 Å². The highest BCUT2D eigenvalue weighted by atomic mass is 35.5. The molecule has 2 nitrogen and oxygen atoms in total. The molecule has 1 rings (SSSR count). The molecule has 0 atom stereocenters. The van der Waals surface area contributed by atoms with Crippen molar-refractivity contribution < 1.29 is 8.85 Å². The molecule has 0 bridgehead atoms. The molecule has 0 spiro atoms. The molecule has 0 unspecified atom stereocenters. The van der Waals surface area contributed by atoms with Crippen molar-refractivity contribution in [3.8, 4) is 0 Å². The summed E-state index contributed by atoms with van der Waals surface area (Å²) in [6.07, 6.45) is 2.05. The van der Waals surface area contributed by atoms with E-state index in [-0.39, 0.29) is 0 Å². The quantitative estimate of drug-likeness (QED) is 0.595. The molecule has 0 fully saturated rings. The summed E-state index contributed by atoms with van der Waals surface area (Å²) in [6, 6.07) is 10.0. The highest BCUT2D eigenvalue weighted by Crippen LogP contribution is 2.20. The second-order valence-electron chi connectivity index (χ2n) is 3.57. The Morgan fingerprint density at radius 2 is 1.81 bits per heavy atom. The van der Waals surface area contributed by atoms with E-state index in [2.05, 4.69) is 0 Å². The molecule has 0 aromatic heterocycles. The van der Waals surface area contributed by atoms with Gasteiger partial charge in [0.15, 0.2) is 0 Å². The zero-order valence-electron chi connectivity index (χ0n) is 9.87. The van der Waals surface area contributed by atoms with Gasteiger partial charge in [-0.05, 0) is 17.3 Å². The van der Waals surface area contributed by atoms with Gasteiger partial charge >= 0.3 is 8.56 Å². The summed E-state index contributed by atoms with van der Waals surface area (Å²) in [6.45, 7) is 1.99. The molecule has 16 heavy (non-hydrogen) atoms. The van der Waals surface area contributed by atoms with E-state index in [1.165, 1.54) is 0 Å². The highest BCUT2D eigenvalue weighted by Gasteiger charge is 2.33. The fourth-order valence-electron chi connectivity index (χ4n) is 1.39. The summed E-state index contributed by atoms with van der Waals surface area (Å²) in [5.74, 6) is 0.430. The minimum absolute atomic E-state index is 0.430. The van der Waals surface area contributed by atoms with E-state index in [1.807, 2.05) is 43.0 Å². The minimum Gasteiger partial charge on any atom is -0.395 e. The van der Waals surface area contributed by atoms with Gasteiger partial charge < -0.3 is 8.85 Å². The van der Waals surface area contributed by atoms with E-state index in [0.29, 0.717) is 5.88 Å². The zero-order chi connectivity index (χ0) is 12.0. The lowest BCUT2D eigenvalue weighted by atomic mass is 10.2. The SMILES string of the molecule is CO[Si](C)(OC)C(=Cc1ccccc1)CCl. The Kier molecular flexibility index (Phi) is 5.22. The topological polar surface area (TPSA) is 18.5 Å². The number of hydrogen-bond donors (Lipinski definition) is 0. The summed E-state index contributed by atoms with van der Waals surface area (Å²) < 4.78 is 11.0. The van der Waals surface area contributed by atoms with Crippen LogP contribution in [0.1, 0.15) is 5.56 Å². The molecule has 0 saturated heterocycles. The normalized spacial score (nSPS) is 12.9. The van der Waals surface area contributed by atoms with Crippen LogP contribution in [-0.2, 0) is 8.85 Å². The summed E-state index contributed by atoms with van der Waals surface area (Å²) in [4.78, 5) is 0. The first-order chi connectivity index (χ1) is 7.66. The minimum atomic E-state index is -2.28. The molecule has 0 radical (unpaired) electrons. The van der Waals surface area contributed by atoms with Gasteiger partial charge in [0.1, 0.15) is 0 Å². The zero-order valence-corrected chi connectivity index (χ0v) is 11.6. The van der Waals surface area contributed by atoms with Crippen molar-refractivity contribution in [2.24, 2.45) is 0 Å². The third kappa shape index (κ3) is 3.19. The van der Waals surface area contributed by atoms with E-state index in [0.717, 1.165) is 10.8 Å². The van der Waals surface area contributed by atoms with Crippen molar-refractivity contribution in [1.29, 1.82) is 0 Å². The average molecular weight is 257 g/mol. The summed E-state index contributed by atoms with van der Waals surface area (Å²) in [5.41, 5.74) is 1.12. The van der Waals surface area contributed by atoms with Gasteiger partial charge in [-0.15, -0.1) is 11.6 Å². The molecule has 4 heteroatoms. The third-order valence-corrected chi connectivity index (χ3v) is 6.20. The molecular formula is C12H17ClO2Si. The van der Waals surface area contributed by atoms with Crippen LogP contribution >= 0.6 is 11.6 Å². The number of allylic oxidation sites excluding steroid dienone is 1. The lowest BCUT2D eigenvalue weighted by Gasteiger charge is -2.24. The largest absolute Gasteiger partial charge is 0.395 e. The van der Waals surface area contributed by atoms with Gasteiger partial charge in [0.05, 0.1) is 0 Å². The number of benzene rings is 1. The van der Waals surface area contributed by atoms with E-state index < -0.39 is 8.56 Å². The van der Waals surface area contributed by atoms with Crippen molar-refractivity contribution >= 4 is 26.2 Å². The van der Waals surface area contributed by atoms with Gasteiger partial charge in [-0.1, -0.05) is 36.4 Å². The number of hydrogen-bond acceptors (Lipinski definition) is 2. The van der Waals surface area contributed by atoms with Crippen LogP contribution in [0, 0.1) is 0 Å². The van der Waals surface area contributed by atoms with Crippen LogP contribution in [0.4, 0.5) is 0 Å². The molecule has 1 aromatic carbocycles. The summed E-state index contributed by atoms with van der Waals surface area (Å²) in [7, 11) is 1.06. The maximum Gasteiger partial charge on any atom is 0.365 e. The predicted molar refractivity (Wildman–Crippen MR) is 70.8 cm³/mol. The smallest absolute Gasteiger partial charge is 0.365 e. The van der Waals surface area contributed by atoms with Crippen LogP contribution in [0.3, 0.4) is 0 Å². The van der Waals surface area contributed by atoms with Gasteiger partial charge in [0.25, 0.3) is 0 Å². The molecule has 88 valence electrons. The average Bonchev–Trinajstić information content (AvgIpc) is 2.36. The first kappa shape index (κ1) is 13.5. The van der Waals surface area contributed by atoms with Crippen LogP contribution in [-0.4, -0.2) is 28.7 Å². The van der Waals surface area contributed by atoms with E-state index in [1.54, 1.807) is 14.2 Å². The van der Waals surface area contributed by atoms with E-state index in [9.17, 15) is 0 Å². The lowest BCUT2D eigenvalue weighted by molar-refractivity contribution is 0.260. The fraction of sp³-hybridized carbons (Fsp3) is 0.333. The summed E-state index contributed by atoms with van der Waals surface area (Å²) in [5, 5.41) is 1.03. The Labute approximate surface area is 103 Å². The van der Waals surface area contributed by atoms with Gasteiger partial charge in [-0.3, -0.25) is 0 Å². The lowest BCUT2D eigenvalue weighted by Crippen LogP contribution is -2.39. The standard InChI is InChI=1S/C12H17ClO2Si/c1-14-16(3,15-2)12(10-13)9-11-7-5-4-6-8-11/h4-9H,10H2,1-3H3. The Morgan fingerprint density at radius 1 is 1.25 bits per heavy atom. The van der Waals surface area contributed by atoms with Crippen molar-refractivity contribution in [1.82, 2.24) is 0 Å². The molecule has 0 heterocycles. The molecule has 0 aliphatic carbocycles. The molecule has 0 aliphatic rings. The predicted octanol–water partition coefficient (Wildman–Crippen LogP) is 3.21. The van der Waals surface area contributed by atoms with Gasteiger partial charge in [0.2, 0.25) is 0 Å². The molecule has 1 aromatic rings. The Bertz CT molecular complexity index is 347. The van der Waals surface area contributed by atoms with E-state index in [4.69, 9.17) is 20.5 Å². The Morgan fingerprint density at radius 3 is 2.25 bits per heavy atom. The molecular weight excluding hydrogens is 240 g/mol. The fourth-order valence-corrected chi connectivity index (χ4v) is 3.56. The third-order valence-electron chi connectivity index (χ3n) is 2.65. The van der Waals surface area contributed by atoms with Crippen molar-refractivity contribution in [2.45, 2.75) is 6.55 Å². The number of rotatable bonds is 5. The van der Waals surface area contributed by atoms with Crippen molar-refractivity contribution in [3.05, 3.63) is 41.1 Å². The second kappa shape index (κ2) is 6.20. The molecule has 0 amide bonds.